The minimum Gasteiger partial charge on any atom is -0.497 e. The number of ether oxygens (including phenoxy) is 5. The average Bonchev–Trinajstić information content (AvgIpc) is 3.23. The van der Waals surface area contributed by atoms with Crippen LogP contribution in [-0.2, 0) is 26.8 Å². The van der Waals surface area contributed by atoms with Gasteiger partial charge in [-0.25, -0.2) is 9.18 Å². The standard InChI is InChI=1S/C23H28F4N2O10/c1-10(2)29-18(22(25,26)27)13(7-11-5-6-12(35-3)8-14(11)24)20(28-29)39-23(34)19(32)17(31)16(30)15(38-23)9-37-21(33)36-4/h5-6,8,10,15-17,19,30-32,34H,7,9H2,1-4H3/t15-,16-,17+,19-,23-/m1/s1. The second-order valence-electron chi connectivity index (χ2n) is 8.88. The smallest absolute Gasteiger partial charge is 0.497 e. The van der Waals surface area contributed by atoms with Crippen molar-refractivity contribution < 1.29 is 66.5 Å². The number of hydrogen-bond donors (Lipinski definition) is 4. The molecule has 0 unspecified atom stereocenters. The molecule has 2 heterocycles. The van der Waals surface area contributed by atoms with Crippen molar-refractivity contribution in [2.75, 3.05) is 20.8 Å². The first-order valence-electron chi connectivity index (χ1n) is 11.5. The number of alkyl halides is 3. The van der Waals surface area contributed by atoms with E-state index in [1.807, 2.05) is 0 Å². The Morgan fingerprint density at radius 3 is 2.41 bits per heavy atom. The predicted octanol–water partition coefficient (Wildman–Crippen LogP) is 1.51. The van der Waals surface area contributed by atoms with Crippen LogP contribution in [0.3, 0.4) is 0 Å². The highest BCUT2D eigenvalue weighted by Gasteiger charge is 2.56. The molecule has 0 bridgehead atoms. The Hall–Kier alpha value is -3.18. The van der Waals surface area contributed by atoms with Crippen LogP contribution < -0.4 is 9.47 Å². The summed E-state index contributed by atoms with van der Waals surface area (Å²) in [5, 5.41) is 45.6. The number of benzene rings is 1. The number of nitrogens with zero attached hydrogens (tertiary/aromatic N) is 2. The summed E-state index contributed by atoms with van der Waals surface area (Å²) >= 11 is 0. The summed E-state index contributed by atoms with van der Waals surface area (Å²) in [6.45, 7) is 1.94. The lowest BCUT2D eigenvalue weighted by atomic mass is 9.97. The fraction of sp³-hybridized carbons (Fsp3) is 0.565. The van der Waals surface area contributed by atoms with E-state index in [4.69, 9.17) is 14.2 Å². The zero-order valence-corrected chi connectivity index (χ0v) is 21.2. The maximum atomic E-state index is 14.7. The third-order valence-electron chi connectivity index (χ3n) is 5.88. The van der Waals surface area contributed by atoms with Crippen LogP contribution in [0.25, 0.3) is 0 Å². The molecule has 1 aromatic carbocycles. The summed E-state index contributed by atoms with van der Waals surface area (Å²) in [6.07, 6.45) is -15.3. The molecule has 0 saturated carbocycles. The number of aromatic nitrogens is 2. The van der Waals surface area contributed by atoms with Crippen molar-refractivity contribution in [3.05, 3.63) is 40.8 Å². The van der Waals surface area contributed by atoms with Gasteiger partial charge >= 0.3 is 18.3 Å². The molecule has 12 nitrogen and oxygen atoms in total. The lowest BCUT2D eigenvalue weighted by Crippen LogP contribution is -2.67. The summed E-state index contributed by atoms with van der Waals surface area (Å²) < 4.78 is 82.2. The second kappa shape index (κ2) is 11.5. The molecule has 39 heavy (non-hydrogen) atoms. The van der Waals surface area contributed by atoms with E-state index in [0.717, 1.165) is 13.2 Å². The van der Waals surface area contributed by atoms with E-state index in [-0.39, 0.29) is 11.3 Å². The van der Waals surface area contributed by atoms with Crippen LogP contribution >= 0.6 is 0 Å². The van der Waals surface area contributed by atoms with Crippen LogP contribution in [0, 0.1) is 5.82 Å². The average molecular weight is 568 g/mol. The molecule has 1 aliphatic heterocycles. The van der Waals surface area contributed by atoms with Crippen LogP contribution in [0.15, 0.2) is 18.2 Å². The van der Waals surface area contributed by atoms with Gasteiger partial charge in [-0.15, -0.1) is 5.10 Å². The van der Waals surface area contributed by atoms with Gasteiger partial charge in [0.1, 0.15) is 42.2 Å². The molecule has 0 amide bonds. The van der Waals surface area contributed by atoms with Crippen LogP contribution in [0.2, 0.25) is 0 Å². The van der Waals surface area contributed by atoms with Gasteiger partial charge in [-0.05, 0) is 25.5 Å². The van der Waals surface area contributed by atoms with Crippen molar-refractivity contribution in [2.45, 2.75) is 62.9 Å². The van der Waals surface area contributed by atoms with Crippen molar-refractivity contribution in [3.63, 3.8) is 0 Å². The van der Waals surface area contributed by atoms with E-state index >= 15 is 0 Å². The van der Waals surface area contributed by atoms with Crippen molar-refractivity contribution in [2.24, 2.45) is 0 Å². The molecule has 0 spiro atoms. The van der Waals surface area contributed by atoms with E-state index in [2.05, 4.69) is 14.6 Å². The number of methoxy groups -OCH3 is 2. The monoisotopic (exact) mass is 568 g/mol. The maximum absolute atomic E-state index is 14.7. The van der Waals surface area contributed by atoms with E-state index in [0.29, 0.717) is 4.68 Å². The SMILES string of the molecule is COC(=O)OC[C@H]1O[C@@](O)(Oc2nn(C(C)C)c(C(F)(F)F)c2Cc2ccc(OC)cc2F)[C@H](O)[C@@H](O)[C@@H]1O. The number of aliphatic hydroxyl groups excluding tert-OH is 3. The Morgan fingerprint density at radius 1 is 1.21 bits per heavy atom. The van der Waals surface area contributed by atoms with E-state index in [9.17, 15) is 42.8 Å². The molecule has 4 N–H and O–H groups in total. The lowest BCUT2D eigenvalue weighted by Gasteiger charge is -2.44. The van der Waals surface area contributed by atoms with Crippen LogP contribution in [0.5, 0.6) is 11.6 Å². The number of aliphatic hydroxyl groups is 4. The first-order chi connectivity index (χ1) is 18.1. The Kier molecular flexibility index (Phi) is 8.96. The molecule has 1 aliphatic rings. The molecule has 1 fully saturated rings. The number of rotatable bonds is 8. The third kappa shape index (κ3) is 6.36. The molecule has 5 atom stereocenters. The minimum absolute atomic E-state index is 0.113. The predicted molar refractivity (Wildman–Crippen MR) is 120 cm³/mol. The van der Waals surface area contributed by atoms with Gasteiger partial charge in [-0.1, -0.05) is 6.07 Å². The van der Waals surface area contributed by atoms with Gasteiger partial charge in [0.15, 0.2) is 6.10 Å². The Balaban J connectivity index is 2.08. The van der Waals surface area contributed by atoms with Gasteiger partial charge < -0.3 is 44.1 Å². The molecule has 1 saturated heterocycles. The van der Waals surface area contributed by atoms with Gasteiger partial charge in [0.05, 0.1) is 19.8 Å². The summed E-state index contributed by atoms with van der Waals surface area (Å²) in [5.41, 5.74) is -2.28. The topological polar surface area (TPSA) is 162 Å². The molecule has 0 aliphatic carbocycles. The molecule has 16 heteroatoms. The third-order valence-corrected chi connectivity index (χ3v) is 5.88. The van der Waals surface area contributed by atoms with Gasteiger partial charge in [0, 0.05) is 18.5 Å². The lowest BCUT2D eigenvalue weighted by molar-refractivity contribution is -0.423. The van der Waals surface area contributed by atoms with Gasteiger partial charge in [0.2, 0.25) is 5.88 Å². The first-order valence-corrected chi connectivity index (χ1v) is 11.5. The number of hydrogen-bond acceptors (Lipinski definition) is 11. The van der Waals surface area contributed by atoms with E-state index in [1.54, 1.807) is 0 Å². The summed E-state index contributed by atoms with van der Waals surface area (Å²) in [7, 11) is 2.26. The second-order valence-corrected chi connectivity index (χ2v) is 8.88. The fourth-order valence-electron chi connectivity index (χ4n) is 3.90. The minimum atomic E-state index is -5.03. The largest absolute Gasteiger partial charge is 0.508 e. The van der Waals surface area contributed by atoms with Crippen LogP contribution in [0.1, 0.15) is 36.7 Å². The van der Waals surface area contributed by atoms with Gasteiger partial charge in [-0.2, -0.15) is 13.2 Å². The molecule has 1 aromatic heterocycles. The van der Waals surface area contributed by atoms with Gasteiger partial charge in [-0.3, -0.25) is 4.68 Å². The Bertz CT molecular complexity index is 1170. The highest BCUT2D eigenvalue weighted by atomic mass is 19.4. The molecule has 2 aromatic rings. The first kappa shape index (κ1) is 30.4. The number of carbonyl (C=O) groups excluding carboxylic acids is 1. The molecule has 3 rings (SSSR count). The highest BCUT2D eigenvalue weighted by Crippen LogP contribution is 2.41. The van der Waals surface area contributed by atoms with Crippen molar-refractivity contribution >= 4 is 6.16 Å². The van der Waals surface area contributed by atoms with Crippen LogP contribution in [0.4, 0.5) is 22.4 Å². The van der Waals surface area contributed by atoms with Crippen molar-refractivity contribution in [1.82, 2.24) is 9.78 Å². The Labute approximate surface area is 219 Å². The van der Waals surface area contributed by atoms with E-state index < -0.39 is 84.7 Å². The summed E-state index contributed by atoms with van der Waals surface area (Å²) in [5.74, 6) is -5.00. The normalized spacial score (nSPS) is 25.5. The van der Waals surface area contributed by atoms with Crippen molar-refractivity contribution in [3.8, 4) is 11.6 Å². The quantitative estimate of drug-likeness (QED) is 0.208. The van der Waals surface area contributed by atoms with Gasteiger partial charge in [0.25, 0.3) is 0 Å². The maximum Gasteiger partial charge on any atom is 0.508 e. The summed E-state index contributed by atoms with van der Waals surface area (Å²) in [6, 6.07) is 2.57. The summed E-state index contributed by atoms with van der Waals surface area (Å²) in [4.78, 5) is 11.3. The molecular formula is C23H28F4N2O10. The highest BCUT2D eigenvalue weighted by molar-refractivity contribution is 5.59. The zero-order chi connectivity index (χ0) is 29.3. The fourth-order valence-corrected chi connectivity index (χ4v) is 3.90. The Morgan fingerprint density at radius 2 is 1.87 bits per heavy atom. The number of halogens is 4. The van der Waals surface area contributed by atoms with Crippen LogP contribution in [-0.4, -0.2) is 87.6 Å². The molecular weight excluding hydrogens is 540 g/mol. The molecule has 218 valence electrons. The molecule has 0 radical (unpaired) electrons. The van der Waals surface area contributed by atoms with E-state index in [1.165, 1.54) is 33.1 Å². The van der Waals surface area contributed by atoms with Crippen molar-refractivity contribution in [1.29, 1.82) is 0 Å². The number of carbonyl (C=O) groups is 1. The zero-order valence-electron chi connectivity index (χ0n) is 21.2.